The summed E-state index contributed by atoms with van der Waals surface area (Å²) in [6, 6.07) is 13.0. The van der Waals surface area contributed by atoms with E-state index in [2.05, 4.69) is 5.32 Å². The van der Waals surface area contributed by atoms with Crippen molar-refractivity contribution < 1.29 is 14.3 Å². The first kappa shape index (κ1) is 17.5. The molecule has 5 heteroatoms. The quantitative estimate of drug-likeness (QED) is 0.817. The standard InChI is InChI=1S/C20H20ClNO3/c1-13-3-4-14(2)17(11-13)22-18(23)12-25-19(24)20(9-10-20)15-5-7-16(21)8-6-15/h3-8,11H,9-10,12H2,1-2H3,(H,22,23). The first-order valence-electron chi connectivity index (χ1n) is 8.21. The molecule has 130 valence electrons. The van der Waals surface area contributed by atoms with Gasteiger partial charge in [0.25, 0.3) is 5.91 Å². The number of nitrogens with one attached hydrogen (secondary N) is 1. The van der Waals surface area contributed by atoms with E-state index in [1.54, 1.807) is 12.1 Å². The number of halogens is 1. The molecule has 1 fully saturated rings. The van der Waals surface area contributed by atoms with Crippen LogP contribution < -0.4 is 5.32 Å². The normalized spacial score (nSPS) is 14.7. The number of hydrogen-bond donors (Lipinski definition) is 1. The van der Waals surface area contributed by atoms with Crippen molar-refractivity contribution in [1.82, 2.24) is 0 Å². The van der Waals surface area contributed by atoms with E-state index in [4.69, 9.17) is 16.3 Å². The van der Waals surface area contributed by atoms with Gasteiger partial charge in [-0.25, -0.2) is 0 Å². The number of rotatable bonds is 5. The number of esters is 1. The zero-order valence-electron chi connectivity index (χ0n) is 14.3. The van der Waals surface area contributed by atoms with E-state index in [-0.39, 0.29) is 18.5 Å². The highest BCUT2D eigenvalue weighted by Crippen LogP contribution is 2.49. The van der Waals surface area contributed by atoms with Crippen molar-refractivity contribution in [3.05, 3.63) is 64.2 Å². The van der Waals surface area contributed by atoms with Gasteiger partial charge in [-0.1, -0.05) is 35.9 Å². The number of ether oxygens (including phenoxy) is 1. The lowest BCUT2D eigenvalue weighted by Gasteiger charge is -2.15. The lowest BCUT2D eigenvalue weighted by molar-refractivity contribution is -0.150. The van der Waals surface area contributed by atoms with Gasteiger partial charge in [0, 0.05) is 10.7 Å². The number of aryl methyl sites for hydroxylation is 2. The summed E-state index contributed by atoms with van der Waals surface area (Å²) in [4.78, 5) is 24.6. The molecule has 1 aliphatic rings. The number of hydrogen-bond acceptors (Lipinski definition) is 3. The molecule has 0 bridgehead atoms. The van der Waals surface area contributed by atoms with Crippen LogP contribution >= 0.6 is 11.6 Å². The van der Waals surface area contributed by atoms with Crippen LogP contribution in [-0.4, -0.2) is 18.5 Å². The van der Waals surface area contributed by atoms with Gasteiger partial charge in [0.15, 0.2) is 6.61 Å². The summed E-state index contributed by atoms with van der Waals surface area (Å²) in [6.45, 7) is 3.58. The molecule has 4 nitrogen and oxygen atoms in total. The Morgan fingerprint density at radius 3 is 2.44 bits per heavy atom. The maximum Gasteiger partial charge on any atom is 0.317 e. The first-order chi connectivity index (χ1) is 11.9. The van der Waals surface area contributed by atoms with E-state index in [1.165, 1.54) is 0 Å². The second-order valence-corrected chi connectivity index (χ2v) is 6.97. The molecule has 0 aliphatic heterocycles. The minimum absolute atomic E-state index is 0.290. The predicted octanol–water partition coefficient (Wildman–Crippen LogP) is 4.17. The monoisotopic (exact) mass is 357 g/mol. The van der Waals surface area contributed by atoms with Crippen molar-refractivity contribution >= 4 is 29.2 Å². The largest absolute Gasteiger partial charge is 0.455 e. The minimum Gasteiger partial charge on any atom is -0.455 e. The lowest BCUT2D eigenvalue weighted by Crippen LogP contribution is -2.28. The van der Waals surface area contributed by atoms with Gasteiger partial charge in [0.05, 0.1) is 5.41 Å². The zero-order valence-corrected chi connectivity index (χ0v) is 15.0. The third-order valence-corrected chi connectivity index (χ3v) is 4.79. The summed E-state index contributed by atoms with van der Waals surface area (Å²) in [5.74, 6) is -0.695. The summed E-state index contributed by atoms with van der Waals surface area (Å²) in [7, 11) is 0. The van der Waals surface area contributed by atoms with E-state index in [9.17, 15) is 9.59 Å². The van der Waals surface area contributed by atoms with Crippen LogP contribution in [0.3, 0.4) is 0 Å². The Morgan fingerprint density at radius 1 is 1.12 bits per heavy atom. The summed E-state index contributed by atoms with van der Waals surface area (Å²) < 4.78 is 5.27. The van der Waals surface area contributed by atoms with Gasteiger partial charge >= 0.3 is 5.97 Å². The summed E-state index contributed by atoms with van der Waals surface area (Å²) in [5, 5.41) is 3.42. The van der Waals surface area contributed by atoms with Gasteiger partial charge in [0.2, 0.25) is 0 Å². The van der Waals surface area contributed by atoms with Crippen molar-refractivity contribution in [3.63, 3.8) is 0 Å². The minimum atomic E-state index is -0.621. The molecule has 0 radical (unpaired) electrons. The molecule has 2 aromatic carbocycles. The van der Waals surface area contributed by atoms with Gasteiger partial charge < -0.3 is 10.1 Å². The molecule has 0 aromatic heterocycles. The molecule has 0 unspecified atom stereocenters. The molecule has 1 N–H and O–H groups in total. The van der Waals surface area contributed by atoms with Gasteiger partial charge in [-0.2, -0.15) is 0 Å². The third-order valence-electron chi connectivity index (χ3n) is 4.54. The second-order valence-electron chi connectivity index (χ2n) is 6.53. The highest BCUT2D eigenvalue weighted by atomic mass is 35.5. The van der Waals surface area contributed by atoms with Crippen LogP contribution in [-0.2, 0) is 19.7 Å². The van der Waals surface area contributed by atoms with E-state index < -0.39 is 5.41 Å². The third kappa shape index (κ3) is 3.85. The average Bonchev–Trinajstić information content (AvgIpc) is 3.38. The molecule has 1 saturated carbocycles. The SMILES string of the molecule is Cc1ccc(C)c(NC(=O)COC(=O)C2(c3ccc(Cl)cc3)CC2)c1. The maximum atomic E-state index is 12.5. The fraction of sp³-hybridized carbons (Fsp3) is 0.300. The van der Waals surface area contributed by atoms with Crippen molar-refractivity contribution in [2.75, 3.05) is 11.9 Å². The van der Waals surface area contributed by atoms with Gasteiger partial charge in [-0.05, 0) is 61.6 Å². The Bertz CT molecular complexity index is 810. The Hall–Kier alpha value is -2.33. The molecule has 0 heterocycles. The molecule has 1 aliphatic carbocycles. The molecule has 2 aromatic rings. The van der Waals surface area contributed by atoms with Crippen LogP contribution in [0.1, 0.15) is 29.5 Å². The average molecular weight is 358 g/mol. The first-order valence-corrected chi connectivity index (χ1v) is 8.59. The van der Waals surface area contributed by atoms with Crippen LogP contribution in [0.25, 0.3) is 0 Å². The van der Waals surface area contributed by atoms with E-state index in [0.29, 0.717) is 5.02 Å². The number of amides is 1. The van der Waals surface area contributed by atoms with Gasteiger partial charge in [0.1, 0.15) is 0 Å². The van der Waals surface area contributed by atoms with Crippen molar-refractivity contribution in [2.45, 2.75) is 32.1 Å². The van der Waals surface area contributed by atoms with Crippen LogP contribution in [0.2, 0.25) is 5.02 Å². The summed E-state index contributed by atoms with van der Waals surface area (Å²) in [6.07, 6.45) is 1.46. The highest BCUT2D eigenvalue weighted by molar-refractivity contribution is 6.30. The fourth-order valence-electron chi connectivity index (χ4n) is 2.83. The van der Waals surface area contributed by atoms with Crippen molar-refractivity contribution in [3.8, 4) is 0 Å². The number of carbonyl (C=O) groups excluding carboxylic acids is 2. The Morgan fingerprint density at radius 2 is 1.80 bits per heavy atom. The van der Waals surface area contributed by atoms with E-state index in [0.717, 1.165) is 35.2 Å². The molecular formula is C20H20ClNO3. The molecule has 25 heavy (non-hydrogen) atoms. The van der Waals surface area contributed by atoms with Crippen LogP contribution in [0.5, 0.6) is 0 Å². The van der Waals surface area contributed by atoms with Crippen LogP contribution in [0.15, 0.2) is 42.5 Å². The van der Waals surface area contributed by atoms with Gasteiger partial charge in [-0.15, -0.1) is 0 Å². The molecule has 3 rings (SSSR count). The predicted molar refractivity (Wildman–Crippen MR) is 97.9 cm³/mol. The molecule has 1 amide bonds. The lowest BCUT2D eigenvalue weighted by atomic mass is 9.96. The van der Waals surface area contributed by atoms with Crippen LogP contribution in [0.4, 0.5) is 5.69 Å². The van der Waals surface area contributed by atoms with E-state index >= 15 is 0 Å². The zero-order chi connectivity index (χ0) is 18.0. The fourth-order valence-corrected chi connectivity index (χ4v) is 2.96. The molecular weight excluding hydrogens is 338 g/mol. The number of anilines is 1. The maximum absolute atomic E-state index is 12.5. The van der Waals surface area contributed by atoms with Crippen molar-refractivity contribution in [1.29, 1.82) is 0 Å². The number of benzene rings is 2. The molecule has 0 saturated heterocycles. The molecule has 0 atom stereocenters. The smallest absolute Gasteiger partial charge is 0.317 e. The Kier molecular flexibility index (Phi) is 4.82. The highest BCUT2D eigenvalue weighted by Gasteiger charge is 2.52. The topological polar surface area (TPSA) is 55.4 Å². The molecule has 0 spiro atoms. The van der Waals surface area contributed by atoms with Crippen LogP contribution in [0, 0.1) is 13.8 Å². The Balaban J connectivity index is 1.59. The second kappa shape index (κ2) is 6.89. The summed E-state index contributed by atoms with van der Waals surface area (Å²) >= 11 is 5.90. The van der Waals surface area contributed by atoms with E-state index in [1.807, 2.05) is 44.2 Å². The van der Waals surface area contributed by atoms with Crippen molar-refractivity contribution in [2.24, 2.45) is 0 Å². The Labute approximate surface area is 152 Å². The number of carbonyl (C=O) groups is 2. The van der Waals surface area contributed by atoms with Gasteiger partial charge in [-0.3, -0.25) is 9.59 Å². The summed E-state index contributed by atoms with van der Waals surface area (Å²) in [5.41, 5.74) is 3.02.